The molecule has 0 radical (unpaired) electrons. The molecule has 0 saturated carbocycles. The predicted octanol–water partition coefficient (Wildman–Crippen LogP) is 5.76. The van der Waals surface area contributed by atoms with Crippen molar-refractivity contribution >= 4 is 56.0 Å². The van der Waals surface area contributed by atoms with Gasteiger partial charge in [-0.15, -0.1) is 0 Å². The first kappa shape index (κ1) is 24.0. The summed E-state index contributed by atoms with van der Waals surface area (Å²) < 4.78 is 19.4. The molecule has 4 rings (SSSR count). The summed E-state index contributed by atoms with van der Waals surface area (Å²) in [7, 11) is 1.59. The van der Waals surface area contributed by atoms with Crippen LogP contribution in [-0.4, -0.2) is 34.2 Å². The first-order valence-corrected chi connectivity index (χ1v) is 12.1. The van der Waals surface area contributed by atoms with Gasteiger partial charge in [0.25, 0.3) is 0 Å². The maximum absolute atomic E-state index is 13.4. The molecule has 1 unspecified atom stereocenters. The summed E-state index contributed by atoms with van der Waals surface area (Å²) >= 11 is 4.60. The molecule has 1 aliphatic rings. The summed E-state index contributed by atoms with van der Waals surface area (Å²) in [5, 5.41) is 2.59. The zero-order valence-corrected chi connectivity index (χ0v) is 20.6. The fourth-order valence-electron chi connectivity index (χ4n) is 3.33. The second kappa shape index (κ2) is 10.8. The Morgan fingerprint density at radius 2 is 1.91 bits per heavy atom. The van der Waals surface area contributed by atoms with E-state index in [0.717, 1.165) is 10.0 Å². The molecule has 0 aromatic heterocycles. The molecular weight excluding hydrogens is 521 g/mol. The summed E-state index contributed by atoms with van der Waals surface area (Å²) in [5.41, 5.74) is 2.01. The molecule has 34 heavy (non-hydrogen) atoms. The molecule has 0 aliphatic carbocycles. The van der Waals surface area contributed by atoms with Crippen LogP contribution in [0.3, 0.4) is 0 Å². The maximum Gasteiger partial charge on any atom is 0.238 e. The number of nitrogens with zero attached hydrogens (tertiary/aromatic N) is 2. The van der Waals surface area contributed by atoms with E-state index in [0.29, 0.717) is 22.3 Å². The fourth-order valence-corrected chi connectivity index (χ4v) is 4.82. The fraction of sp³-hybridized carbons (Fsp3) is 0.160. The number of nitrogens with one attached hydrogen (secondary N) is 1. The number of methoxy groups -OCH3 is 1. The molecule has 0 spiro atoms. The third kappa shape index (κ3) is 6.03. The minimum atomic E-state index is -0.655. The minimum absolute atomic E-state index is 0.0308. The van der Waals surface area contributed by atoms with Crippen LogP contribution in [0, 0.1) is 5.82 Å². The van der Waals surface area contributed by atoms with Gasteiger partial charge in [0.1, 0.15) is 16.8 Å². The van der Waals surface area contributed by atoms with Gasteiger partial charge in [0.2, 0.25) is 11.8 Å². The summed E-state index contributed by atoms with van der Waals surface area (Å²) in [6.07, 6.45) is 0.0308. The maximum atomic E-state index is 13.4. The number of carbonyl (C=O) groups excluding carboxylic acids is 2. The van der Waals surface area contributed by atoms with Gasteiger partial charge in [-0.3, -0.25) is 14.5 Å². The number of ether oxygens (including phenoxy) is 1. The Hall–Kier alpha value is -3.17. The van der Waals surface area contributed by atoms with Crippen molar-refractivity contribution in [2.24, 2.45) is 4.99 Å². The van der Waals surface area contributed by atoms with E-state index in [2.05, 4.69) is 26.2 Å². The van der Waals surface area contributed by atoms with Crippen molar-refractivity contribution in [1.82, 2.24) is 4.90 Å². The van der Waals surface area contributed by atoms with Crippen molar-refractivity contribution < 1.29 is 18.7 Å². The Morgan fingerprint density at radius 3 is 2.59 bits per heavy atom. The molecule has 1 N–H and O–H groups in total. The van der Waals surface area contributed by atoms with Gasteiger partial charge >= 0.3 is 0 Å². The van der Waals surface area contributed by atoms with Gasteiger partial charge in [-0.2, -0.15) is 0 Å². The number of rotatable bonds is 6. The molecule has 9 heteroatoms. The Bertz CT molecular complexity index is 1220. The molecule has 3 aromatic rings. The van der Waals surface area contributed by atoms with E-state index in [9.17, 15) is 14.0 Å². The number of halogens is 2. The van der Waals surface area contributed by atoms with Crippen molar-refractivity contribution in [2.45, 2.75) is 18.2 Å². The van der Waals surface area contributed by atoms with Crippen molar-refractivity contribution in [3.8, 4) is 5.75 Å². The van der Waals surface area contributed by atoms with Gasteiger partial charge in [-0.1, -0.05) is 45.9 Å². The Morgan fingerprint density at radius 1 is 1.18 bits per heavy atom. The van der Waals surface area contributed by atoms with Crippen LogP contribution < -0.4 is 10.1 Å². The Kier molecular flexibility index (Phi) is 7.64. The largest absolute Gasteiger partial charge is 0.497 e. The lowest BCUT2D eigenvalue weighted by Crippen LogP contribution is -2.44. The Balaban J connectivity index is 1.59. The molecule has 174 valence electrons. The summed E-state index contributed by atoms with van der Waals surface area (Å²) in [4.78, 5) is 32.3. The molecule has 2 amide bonds. The van der Waals surface area contributed by atoms with E-state index in [1.807, 2.05) is 36.4 Å². The SMILES string of the molecule is COc1ccc(CN2C(=O)CC(C(=O)Nc3cccc(Br)c3)SC2=Nc2ccc(F)cc2)cc1. The van der Waals surface area contributed by atoms with E-state index < -0.39 is 5.25 Å². The first-order chi connectivity index (χ1) is 16.4. The average molecular weight is 542 g/mol. The van der Waals surface area contributed by atoms with E-state index in [4.69, 9.17) is 4.74 Å². The molecule has 1 fully saturated rings. The third-order valence-electron chi connectivity index (χ3n) is 5.08. The second-order valence-corrected chi connectivity index (χ2v) is 9.59. The molecule has 1 heterocycles. The molecule has 6 nitrogen and oxygen atoms in total. The van der Waals surface area contributed by atoms with Gasteiger partial charge in [0.05, 0.1) is 19.3 Å². The van der Waals surface area contributed by atoms with Crippen molar-refractivity contribution in [3.05, 3.63) is 88.6 Å². The Labute approximate surface area is 209 Å². The number of amides is 2. The normalized spacial score (nSPS) is 17.0. The average Bonchev–Trinajstić information content (AvgIpc) is 2.83. The number of hydrogen-bond donors (Lipinski definition) is 1. The highest BCUT2D eigenvalue weighted by molar-refractivity contribution is 9.10. The van der Waals surface area contributed by atoms with Gasteiger partial charge in [-0.25, -0.2) is 9.38 Å². The number of thioether (sulfide) groups is 1. The van der Waals surface area contributed by atoms with Gasteiger partial charge in [0.15, 0.2) is 5.17 Å². The summed E-state index contributed by atoms with van der Waals surface area (Å²) in [6.45, 7) is 0.288. The number of benzene rings is 3. The van der Waals surface area contributed by atoms with Crippen molar-refractivity contribution in [3.63, 3.8) is 0 Å². The van der Waals surface area contributed by atoms with Gasteiger partial charge in [-0.05, 0) is 60.2 Å². The van der Waals surface area contributed by atoms with E-state index in [-0.39, 0.29) is 30.6 Å². The lowest BCUT2D eigenvalue weighted by Gasteiger charge is -2.32. The highest BCUT2D eigenvalue weighted by Crippen LogP contribution is 2.31. The second-order valence-electron chi connectivity index (χ2n) is 7.51. The van der Waals surface area contributed by atoms with Crippen LogP contribution >= 0.6 is 27.7 Å². The van der Waals surface area contributed by atoms with Crippen LogP contribution in [0.5, 0.6) is 5.75 Å². The summed E-state index contributed by atoms with van der Waals surface area (Å²) in [6, 6.07) is 20.3. The highest BCUT2D eigenvalue weighted by Gasteiger charge is 2.36. The van der Waals surface area contributed by atoms with E-state index >= 15 is 0 Å². The standard InChI is InChI=1S/C25H21BrFN3O3S/c1-33-21-11-5-16(6-12-21)15-30-23(31)14-22(24(32)28-20-4-2-3-17(26)13-20)34-25(30)29-19-9-7-18(27)8-10-19/h2-13,22H,14-15H2,1H3,(H,28,32). The van der Waals surface area contributed by atoms with Gasteiger partial charge in [0, 0.05) is 16.6 Å². The lowest BCUT2D eigenvalue weighted by atomic mass is 10.2. The number of hydrogen-bond acceptors (Lipinski definition) is 5. The third-order valence-corrected chi connectivity index (χ3v) is 6.76. The topological polar surface area (TPSA) is 71.0 Å². The van der Waals surface area contributed by atoms with E-state index in [1.54, 1.807) is 24.1 Å². The highest BCUT2D eigenvalue weighted by atomic mass is 79.9. The van der Waals surface area contributed by atoms with Crippen LogP contribution in [0.4, 0.5) is 15.8 Å². The van der Waals surface area contributed by atoms with Crippen molar-refractivity contribution in [1.29, 1.82) is 0 Å². The predicted molar refractivity (Wildman–Crippen MR) is 136 cm³/mol. The first-order valence-electron chi connectivity index (χ1n) is 10.4. The molecule has 3 aromatic carbocycles. The van der Waals surface area contributed by atoms with Crippen molar-refractivity contribution in [2.75, 3.05) is 12.4 Å². The lowest BCUT2D eigenvalue weighted by molar-refractivity contribution is -0.129. The quantitative estimate of drug-likeness (QED) is 0.430. The van der Waals surface area contributed by atoms with E-state index in [1.165, 1.54) is 36.0 Å². The molecule has 1 saturated heterocycles. The van der Waals surface area contributed by atoms with Crippen LogP contribution in [0.25, 0.3) is 0 Å². The molecular formula is C25H21BrFN3O3S. The van der Waals surface area contributed by atoms with Crippen LogP contribution in [0.15, 0.2) is 82.3 Å². The van der Waals surface area contributed by atoms with Crippen LogP contribution in [0.2, 0.25) is 0 Å². The molecule has 1 atom stereocenters. The van der Waals surface area contributed by atoms with Crippen LogP contribution in [-0.2, 0) is 16.1 Å². The minimum Gasteiger partial charge on any atom is -0.497 e. The number of carbonyl (C=O) groups is 2. The van der Waals surface area contributed by atoms with Gasteiger partial charge < -0.3 is 10.1 Å². The number of amidine groups is 1. The number of aliphatic imine (C=N–C) groups is 1. The number of anilines is 1. The van der Waals surface area contributed by atoms with Crippen LogP contribution in [0.1, 0.15) is 12.0 Å². The zero-order valence-electron chi connectivity index (χ0n) is 18.2. The zero-order chi connectivity index (χ0) is 24.1. The summed E-state index contributed by atoms with van der Waals surface area (Å²) in [5.74, 6) is -0.164. The monoisotopic (exact) mass is 541 g/mol. The molecule has 0 bridgehead atoms. The smallest absolute Gasteiger partial charge is 0.238 e. The molecule has 1 aliphatic heterocycles.